The highest BCUT2D eigenvalue weighted by Crippen LogP contribution is 2.27. The van der Waals surface area contributed by atoms with Gasteiger partial charge in [-0.2, -0.15) is 0 Å². The second kappa shape index (κ2) is 5.97. The summed E-state index contributed by atoms with van der Waals surface area (Å²) in [5.74, 6) is 0.636. The Morgan fingerprint density at radius 3 is 2.69 bits per heavy atom. The summed E-state index contributed by atoms with van der Waals surface area (Å²) in [6, 6.07) is 6.72. The molecule has 1 rings (SSSR count). The molecule has 0 aliphatic heterocycles. The molecular formula is C11H17N3O2. The lowest BCUT2D eigenvalue weighted by Crippen LogP contribution is -2.39. The molecule has 1 aromatic rings. The monoisotopic (exact) mass is 223 g/mol. The standard InChI is InChI=1S/C11H17N3O2/c1-2-16-10-6-4-3-5-9(10)14(8-7-12)11(13)15/h3-6H,2,7-8,12H2,1H3,(H2,13,15). The normalized spacial score (nSPS) is 9.88. The van der Waals surface area contributed by atoms with E-state index in [2.05, 4.69) is 0 Å². The lowest BCUT2D eigenvalue weighted by molar-refractivity contribution is 0.253. The number of urea groups is 1. The molecule has 0 atom stereocenters. The maximum Gasteiger partial charge on any atom is 0.319 e. The molecule has 0 unspecified atom stereocenters. The number of primary amides is 1. The summed E-state index contributed by atoms with van der Waals surface area (Å²) in [5, 5.41) is 0. The number of benzene rings is 1. The van der Waals surface area contributed by atoms with Crippen LogP contribution in [0.2, 0.25) is 0 Å². The van der Waals surface area contributed by atoms with Crippen LogP contribution in [0.3, 0.4) is 0 Å². The van der Waals surface area contributed by atoms with Crippen molar-refractivity contribution in [3.63, 3.8) is 0 Å². The Hall–Kier alpha value is -1.75. The zero-order valence-corrected chi connectivity index (χ0v) is 9.35. The van der Waals surface area contributed by atoms with Crippen molar-refractivity contribution in [2.75, 3.05) is 24.6 Å². The molecule has 0 aromatic heterocycles. The van der Waals surface area contributed by atoms with Gasteiger partial charge in [-0.3, -0.25) is 4.90 Å². The Morgan fingerprint density at radius 2 is 2.12 bits per heavy atom. The smallest absolute Gasteiger partial charge is 0.319 e. The predicted molar refractivity (Wildman–Crippen MR) is 63.6 cm³/mol. The van der Waals surface area contributed by atoms with Crippen LogP contribution < -0.4 is 21.1 Å². The van der Waals surface area contributed by atoms with E-state index in [1.165, 1.54) is 4.90 Å². The lowest BCUT2D eigenvalue weighted by atomic mass is 10.2. The Bertz CT molecular complexity index is 355. The fourth-order valence-corrected chi connectivity index (χ4v) is 1.44. The number of nitrogens with zero attached hydrogens (tertiary/aromatic N) is 1. The number of nitrogens with two attached hydrogens (primary N) is 2. The highest BCUT2D eigenvalue weighted by molar-refractivity contribution is 5.92. The van der Waals surface area contributed by atoms with Gasteiger partial charge in [0.05, 0.1) is 12.3 Å². The third kappa shape index (κ3) is 2.87. The average Bonchev–Trinajstić information content (AvgIpc) is 2.27. The SMILES string of the molecule is CCOc1ccccc1N(CCN)C(N)=O. The van der Waals surface area contributed by atoms with E-state index in [1.807, 2.05) is 19.1 Å². The quantitative estimate of drug-likeness (QED) is 0.779. The number of anilines is 1. The molecule has 0 aliphatic carbocycles. The summed E-state index contributed by atoms with van der Waals surface area (Å²) in [6.45, 7) is 3.14. The van der Waals surface area contributed by atoms with Crippen molar-refractivity contribution in [2.45, 2.75) is 6.92 Å². The van der Waals surface area contributed by atoms with Crippen LogP contribution in [-0.4, -0.2) is 25.7 Å². The van der Waals surface area contributed by atoms with Crippen molar-refractivity contribution in [3.05, 3.63) is 24.3 Å². The van der Waals surface area contributed by atoms with Gasteiger partial charge < -0.3 is 16.2 Å². The summed E-state index contributed by atoms with van der Waals surface area (Å²) < 4.78 is 5.42. The number of hydrogen-bond acceptors (Lipinski definition) is 3. The van der Waals surface area contributed by atoms with Crippen molar-refractivity contribution in [2.24, 2.45) is 11.5 Å². The Kier molecular flexibility index (Phi) is 4.60. The van der Waals surface area contributed by atoms with Gasteiger partial charge in [0.25, 0.3) is 0 Å². The zero-order valence-electron chi connectivity index (χ0n) is 9.35. The molecular weight excluding hydrogens is 206 g/mol. The molecule has 0 saturated carbocycles. The van der Waals surface area contributed by atoms with Crippen LogP contribution in [0.1, 0.15) is 6.92 Å². The third-order valence-electron chi connectivity index (χ3n) is 2.07. The predicted octanol–water partition coefficient (Wildman–Crippen LogP) is 0.929. The van der Waals surface area contributed by atoms with Crippen LogP contribution in [0, 0.1) is 0 Å². The summed E-state index contributed by atoms with van der Waals surface area (Å²) in [6.07, 6.45) is 0. The molecule has 5 nitrogen and oxygen atoms in total. The summed E-state index contributed by atoms with van der Waals surface area (Å²) in [7, 11) is 0. The van der Waals surface area contributed by atoms with E-state index in [0.717, 1.165) is 0 Å². The van der Waals surface area contributed by atoms with E-state index in [1.54, 1.807) is 12.1 Å². The van der Waals surface area contributed by atoms with E-state index in [4.69, 9.17) is 16.2 Å². The van der Waals surface area contributed by atoms with Gasteiger partial charge in [0.2, 0.25) is 0 Å². The molecule has 0 aliphatic rings. The highest BCUT2D eigenvalue weighted by atomic mass is 16.5. The first-order valence-corrected chi connectivity index (χ1v) is 5.19. The van der Waals surface area contributed by atoms with Crippen LogP contribution >= 0.6 is 0 Å². The van der Waals surface area contributed by atoms with Gasteiger partial charge in [0.15, 0.2) is 0 Å². The molecule has 5 heteroatoms. The molecule has 4 N–H and O–H groups in total. The van der Waals surface area contributed by atoms with Crippen LogP contribution in [0.25, 0.3) is 0 Å². The Balaban J connectivity index is 3.02. The maximum atomic E-state index is 11.3. The topological polar surface area (TPSA) is 81.6 Å². The number of para-hydroxylation sites is 2. The maximum absolute atomic E-state index is 11.3. The van der Waals surface area contributed by atoms with Gasteiger partial charge in [0.1, 0.15) is 5.75 Å². The first-order chi connectivity index (χ1) is 7.70. The van der Waals surface area contributed by atoms with E-state index in [0.29, 0.717) is 31.1 Å². The number of ether oxygens (including phenoxy) is 1. The number of hydrogen-bond donors (Lipinski definition) is 2. The fourth-order valence-electron chi connectivity index (χ4n) is 1.44. The number of carbonyl (C=O) groups is 1. The number of carbonyl (C=O) groups excluding carboxylic acids is 1. The van der Waals surface area contributed by atoms with Gasteiger partial charge in [-0.05, 0) is 19.1 Å². The molecule has 1 aromatic carbocycles. The lowest BCUT2D eigenvalue weighted by Gasteiger charge is -2.22. The average molecular weight is 223 g/mol. The van der Waals surface area contributed by atoms with E-state index < -0.39 is 6.03 Å². The highest BCUT2D eigenvalue weighted by Gasteiger charge is 2.15. The second-order valence-corrected chi connectivity index (χ2v) is 3.18. The van der Waals surface area contributed by atoms with Gasteiger partial charge in [0, 0.05) is 13.1 Å². The van der Waals surface area contributed by atoms with E-state index >= 15 is 0 Å². The van der Waals surface area contributed by atoms with Gasteiger partial charge in [-0.1, -0.05) is 12.1 Å². The molecule has 0 heterocycles. The summed E-state index contributed by atoms with van der Waals surface area (Å²) in [5.41, 5.74) is 11.4. The first-order valence-electron chi connectivity index (χ1n) is 5.19. The zero-order chi connectivity index (χ0) is 12.0. The fraction of sp³-hybridized carbons (Fsp3) is 0.364. The molecule has 0 bridgehead atoms. The van der Waals surface area contributed by atoms with Crippen molar-refractivity contribution in [1.82, 2.24) is 0 Å². The number of rotatable bonds is 5. The van der Waals surface area contributed by atoms with Gasteiger partial charge in [-0.25, -0.2) is 4.79 Å². The molecule has 0 spiro atoms. The summed E-state index contributed by atoms with van der Waals surface area (Å²) >= 11 is 0. The van der Waals surface area contributed by atoms with E-state index in [9.17, 15) is 4.79 Å². The molecule has 2 amide bonds. The minimum Gasteiger partial charge on any atom is -0.492 e. The molecule has 16 heavy (non-hydrogen) atoms. The third-order valence-corrected chi connectivity index (χ3v) is 2.07. The van der Waals surface area contributed by atoms with Crippen molar-refractivity contribution >= 4 is 11.7 Å². The number of amides is 2. The molecule has 0 fully saturated rings. The van der Waals surface area contributed by atoms with Crippen molar-refractivity contribution in [3.8, 4) is 5.75 Å². The molecule has 0 radical (unpaired) electrons. The Labute approximate surface area is 95.0 Å². The van der Waals surface area contributed by atoms with Crippen molar-refractivity contribution in [1.29, 1.82) is 0 Å². The molecule has 88 valence electrons. The van der Waals surface area contributed by atoms with Crippen LogP contribution in [0.5, 0.6) is 5.75 Å². The van der Waals surface area contributed by atoms with Crippen molar-refractivity contribution < 1.29 is 9.53 Å². The van der Waals surface area contributed by atoms with Crippen LogP contribution in [0.4, 0.5) is 10.5 Å². The largest absolute Gasteiger partial charge is 0.492 e. The van der Waals surface area contributed by atoms with E-state index in [-0.39, 0.29) is 0 Å². The minimum absolute atomic E-state index is 0.351. The first kappa shape index (κ1) is 12.3. The minimum atomic E-state index is -0.530. The molecule has 0 saturated heterocycles. The van der Waals surface area contributed by atoms with Gasteiger partial charge >= 0.3 is 6.03 Å². The van der Waals surface area contributed by atoms with Gasteiger partial charge in [-0.15, -0.1) is 0 Å². The Morgan fingerprint density at radius 1 is 1.44 bits per heavy atom. The second-order valence-electron chi connectivity index (χ2n) is 3.18. The summed E-state index contributed by atoms with van der Waals surface area (Å²) in [4.78, 5) is 12.7. The van der Waals surface area contributed by atoms with Crippen LogP contribution in [-0.2, 0) is 0 Å². The van der Waals surface area contributed by atoms with Crippen LogP contribution in [0.15, 0.2) is 24.3 Å².